The Balaban J connectivity index is 1.84. The molecule has 0 amide bonds. The zero-order valence-corrected chi connectivity index (χ0v) is 17.7. The fourth-order valence-corrected chi connectivity index (χ4v) is 4.77. The van der Waals surface area contributed by atoms with Crippen molar-refractivity contribution in [2.24, 2.45) is 4.99 Å². The summed E-state index contributed by atoms with van der Waals surface area (Å²) in [7, 11) is -3.08. The van der Waals surface area contributed by atoms with E-state index in [2.05, 4.69) is 53.7 Å². The Labute approximate surface area is 164 Å². The highest BCUT2D eigenvalue weighted by Crippen LogP contribution is 2.15. The Kier molecular flexibility index (Phi) is 8.57. The third kappa shape index (κ3) is 7.14. The minimum absolute atomic E-state index is 0.244. The first-order valence-electron chi connectivity index (χ1n) is 10.0. The predicted octanol–water partition coefficient (Wildman–Crippen LogP) is 2.30. The molecule has 27 heavy (non-hydrogen) atoms. The molecule has 1 aromatic rings. The number of benzene rings is 1. The number of aryl methyl sites for hydroxylation is 1. The highest BCUT2D eigenvalue weighted by molar-refractivity contribution is 7.89. The summed E-state index contributed by atoms with van der Waals surface area (Å²) >= 11 is 0. The van der Waals surface area contributed by atoms with Crippen LogP contribution < -0.4 is 10.6 Å². The van der Waals surface area contributed by atoms with Gasteiger partial charge in [0.2, 0.25) is 10.0 Å². The molecule has 1 aliphatic heterocycles. The van der Waals surface area contributed by atoms with Crippen LogP contribution in [0.2, 0.25) is 0 Å². The molecule has 0 aliphatic carbocycles. The van der Waals surface area contributed by atoms with Gasteiger partial charge in [-0.25, -0.2) is 12.7 Å². The van der Waals surface area contributed by atoms with Gasteiger partial charge in [0.25, 0.3) is 0 Å². The van der Waals surface area contributed by atoms with Gasteiger partial charge in [0.05, 0.1) is 5.75 Å². The molecular formula is C20H34N4O2S. The number of guanidine groups is 1. The van der Waals surface area contributed by atoms with Crippen LogP contribution in [0.4, 0.5) is 0 Å². The zero-order chi connectivity index (χ0) is 19.7. The molecular weight excluding hydrogens is 360 g/mol. The van der Waals surface area contributed by atoms with Crippen molar-refractivity contribution < 1.29 is 8.42 Å². The lowest BCUT2D eigenvalue weighted by atomic mass is 10.1. The smallest absolute Gasteiger partial charge is 0.214 e. The second kappa shape index (κ2) is 10.7. The van der Waals surface area contributed by atoms with Crippen LogP contribution in [0.3, 0.4) is 0 Å². The Bertz CT molecular complexity index is 693. The molecule has 1 aliphatic rings. The van der Waals surface area contributed by atoms with Crippen molar-refractivity contribution in [3.8, 4) is 0 Å². The number of hydrogen-bond donors (Lipinski definition) is 2. The summed E-state index contributed by atoms with van der Waals surface area (Å²) in [6, 6.07) is 8.82. The first kappa shape index (κ1) is 21.7. The molecule has 1 saturated heterocycles. The molecule has 2 rings (SSSR count). The lowest BCUT2D eigenvalue weighted by molar-refractivity contribution is 0.306. The lowest BCUT2D eigenvalue weighted by Crippen LogP contribution is -2.50. The van der Waals surface area contributed by atoms with Crippen LogP contribution in [0.1, 0.15) is 44.2 Å². The Hall–Kier alpha value is -1.60. The van der Waals surface area contributed by atoms with Gasteiger partial charge in [0.15, 0.2) is 5.96 Å². The summed E-state index contributed by atoms with van der Waals surface area (Å²) in [5, 5.41) is 6.77. The maximum atomic E-state index is 12.2. The second-order valence-electron chi connectivity index (χ2n) is 7.13. The van der Waals surface area contributed by atoms with Gasteiger partial charge in [0.1, 0.15) is 0 Å². The summed E-state index contributed by atoms with van der Waals surface area (Å²) in [4.78, 5) is 4.69. The van der Waals surface area contributed by atoms with E-state index >= 15 is 0 Å². The average molecular weight is 395 g/mol. The minimum atomic E-state index is -3.08. The van der Waals surface area contributed by atoms with Crippen LogP contribution >= 0.6 is 0 Å². The maximum Gasteiger partial charge on any atom is 0.214 e. The average Bonchev–Trinajstić information content (AvgIpc) is 2.64. The second-order valence-corrected chi connectivity index (χ2v) is 9.22. The molecule has 1 aromatic carbocycles. The molecule has 0 spiro atoms. The van der Waals surface area contributed by atoms with Crippen LogP contribution in [0.15, 0.2) is 29.3 Å². The zero-order valence-electron chi connectivity index (χ0n) is 16.9. The molecule has 0 unspecified atom stereocenters. The molecule has 0 bridgehead atoms. The van der Waals surface area contributed by atoms with E-state index in [9.17, 15) is 8.42 Å². The fraction of sp³-hybridized carbons (Fsp3) is 0.650. The van der Waals surface area contributed by atoms with Crippen LogP contribution in [0.25, 0.3) is 0 Å². The van der Waals surface area contributed by atoms with Gasteiger partial charge in [-0.15, -0.1) is 0 Å². The largest absolute Gasteiger partial charge is 0.357 e. The SMILES string of the molecule is CCCS(=O)(=O)N1CCC(NC(=NCCc2ccc(C)cc2)NCC)CC1. The highest BCUT2D eigenvalue weighted by Gasteiger charge is 2.27. The van der Waals surface area contributed by atoms with Crippen molar-refractivity contribution >= 4 is 16.0 Å². The topological polar surface area (TPSA) is 73.8 Å². The van der Waals surface area contributed by atoms with Crippen molar-refractivity contribution in [2.75, 3.05) is 31.9 Å². The van der Waals surface area contributed by atoms with Crippen molar-refractivity contribution in [1.82, 2.24) is 14.9 Å². The fourth-order valence-electron chi connectivity index (χ4n) is 3.23. The third-order valence-electron chi connectivity index (χ3n) is 4.79. The number of nitrogens with one attached hydrogen (secondary N) is 2. The molecule has 152 valence electrons. The Morgan fingerprint density at radius 2 is 1.85 bits per heavy atom. The van der Waals surface area contributed by atoms with Gasteiger partial charge in [0, 0.05) is 32.2 Å². The van der Waals surface area contributed by atoms with Gasteiger partial charge in [-0.2, -0.15) is 0 Å². The maximum absolute atomic E-state index is 12.2. The highest BCUT2D eigenvalue weighted by atomic mass is 32.2. The standard InChI is InChI=1S/C20H34N4O2S/c1-4-16-27(25,26)24-14-11-19(12-15-24)23-20(21-5-2)22-13-10-18-8-6-17(3)7-9-18/h6-9,19H,4-5,10-16H2,1-3H3,(H2,21,22,23). The van der Waals surface area contributed by atoms with E-state index in [0.29, 0.717) is 19.5 Å². The van der Waals surface area contributed by atoms with Crippen molar-refractivity contribution in [3.05, 3.63) is 35.4 Å². The molecule has 0 radical (unpaired) electrons. The predicted molar refractivity (Wildman–Crippen MR) is 113 cm³/mol. The van der Waals surface area contributed by atoms with Crippen molar-refractivity contribution in [3.63, 3.8) is 0 Å². The molecule has 0 saturated carbocycles. The molecule has 1 heterocycles. The van der Waals surface area contributed by atoms with E-state index in [4.69, 9.17) is 0 Å². The Morgan fingerprint density at radius 3 is 2.44 bits per heavy atom. The summed E-state index contributed by atoms with van der Waals surface area (Å²) in [6.45, 7) is 8.75. The van der Waals surface area contributed by atoms with E-state index in [1.807, 2.05) is 6.92 Å². The van der Waals surface area contributed by atoms with Gasteiger partial charge < -0.3 is 10.6 Å². The number of piperidine rings is 1. The quantitative estimate of drug-likeness (QED) is 0.524. The Morgan fingerprint density at radius 1 is 1.19 bits per heavy atom. The van der Waals surface area contributed by atoms with E-state index in [0.717, 1.165) is 38.3 Å². The summed E-state index contributed by atoms with van der Waals surface area (Å²) < 4.78 is 26.0. The van der Waals surface area contributed by atoms with Gasteiger partial charge in [-0.1, -0.05) is 36.8 Å². The first-order valence-corrected chi connectivity index (χ1v) is 11.6. The summed E-state index contributed by atoms with van der Waals surface area (Å²) in [5.41, 5.74) is 2.55. The normalized spacial score (nSPS) is 17.1. The number of hydrogen-bond acceptors (Lipinski definition) is 3. The van der Waals surface area contributed by atoms with Crippen molar-refractivity contribution in [2.45, 2.75) is 52.5 Å². The number of aliphatic imine (C=N–C) groups is 1. The monoisotopic (exact) mass is 394 g/mol. The lowest BCUT2D eigenvalue weighted by Gasteiger charge is -2.32. The van der Waals surface area contributed by atoms with Gasteiger partial charge in [-0.05, 0) is 45.1 Å². The van der Waals surface area contributed by atoms with E-state index in [-0.39, 0.29) is 11.8 Å². The molecule has 1 fully saturated rings. The first-order chi connectivity index (χ1) is 12.9. The molecule has 0 atom stereocenters. The third-order valence-corrected chi connectivity index (χ3v) is 6.86. The van der Waals surface area contributed by atoms with Crippen LogP contribution in [-0.2, 0) is 16.4 Å². The van der Waals surface area contributed by atoms with Crippen molar-refractivity contribution in [1.29, 1.82) is 0 Å². The van der Waals surface area contributed by atoms with Crippen LogP contribution in [-0.4, -0.2) is 56.7 Å². The van der Waals surface area contributed by atoms with Crippen LogP contribution in [0, 0.1) is 6.92 Å². The van der Waals surface area contributed by atoms with E-state index in [1.165, 1.54) is 11.1 Å². The number of rotatable bonds is 8. The number of nitrogens with zero attached hydrogens (tertiary/aromatic N) is 2. The summed E-state index contributed by atoms with van der Waals surface area (Å²) in [5.74, 6) is 1.06. The van der Waals surface area contributed by atoms with Gasteiger partial charge in [-0.3, -0.25) is 4.99 Å². The summed E-state index contributed by atoms with van der Waals surface area (Å²) in [6.07, 6.45) is 3.19. The minimum Gasteiger partial charge on any atom is -0.357 e. The van der Waals surface area contributed by atoms with E-state index in [1.54, 1.807) is 4.31 Å². The number of sulfonamides is 1. The van der Waals surface area contributed by atoms with E-state index < -0.39 is 10.0 Å². The molecule has 7 heteroatoms. The van der Waals surface area contributed by atoms with Gasteiger partial charge >= 0.3 is 0 Å². The molecule has 6 nitrogen and oxygen atoms in total. The molecule has 0 aromatic heterocycles. The molecule has 2 N–H and O–H groups in total. The van der Waals surface area contributed by atoms with Crippen LogP contribution in [0.5, 0.6) is 0 Å².